The molecule has 1 aliphatic rings. The minimum atomic E-state index is 0.166. The molecule has 2 atom stereocenters. The van der Waals surface area contributed by atoms with Crippen molar-refractivity contribution in [2.24, 2.45) is 0 Å². The van der Waals surface area contributed by atoms with E-state index in [-0.39, 0.29) is 5.91 Å². The zero-order valence-electron chi connectivity index (χ0n) is 7.18. The second kappa shape index (κ2) is 5.12. The number of carbonyl (C=O) groups is 1. The van der Waals surface area contributed by atoms with Gasteiger partial charge in [0.05, 0.1) is 5.75 Å². The minimum Gasteiger partial charge on any atom is -0.352 e. The number of thioether (sulfide) groups is 1. The Morgan fingerprint density at radius 2 is 2.42 bits per heavy atom. The molecule has 0 heterocycles. The molecule has 0 spiro atoms. The number of rotatable bonds is 3. The van der Waals surface area contributed by atoms with Gasteiger partial charge in [-0.05, 0) is 19.1 Å². The second-order valence-corrected chi connectivity index (χ2v) is 5.10. The fourth-order valence-corrected chi connectivity index (χ4v) is 2.52. The molecular formula is C8H14BrNOS. The van der Waals surface area contributed by atoms with Crippen LogP contribution in [-0.2, 0) is 4.79 Å². The fourth-order valence-electron chi connectivity index (χ4n) is 1.46. The van der Waals surface area contributed by atoms with Crippen molar-refractivity contribution in [3.05, 3.63) is 0 Å². The average Bonchev–Trinajstić information content (AvgIpc) is 2.37. The highest BCUT2D eigenvalue weighted by Gasteiger charge is 2.25. The highest BCUT2D eigenvalue weighted by molar-refractivity contribution is 9.09. The molecule has 1 amide bonds. The lowest BCUT2D eigenvalue weighted by Gasteiger charge is -2.15. The average molecular weight is 252 g/mol. The number of hydrogen-bond acceptors (Lipinski definition) is 2. The third kappa shape index (κ3) is 2.98. The molecule has 0 saturated heterocycles. The van der Waals surface area contributed by atoms with Crippen molar-refractivity contribution in [1.29, 1.82) is 0 Å². The molecule has 0 aromatic rings. The quantitative estimate of drug-likeness (QED) is 0.776. The first-order chi connectivity index (χ1) is 5.74. The van der Waals surface area contributed by atoms with E-state index in [4.69, 9.17) is 0 Å². The fraction of sp³-hybridized carbons (Fsp3) is 0.875. The van der Waals surface area contributed by atoms with Crippen molar-refractivity contribution in [1.82, 2.24) is 5.32 Å². The van der Waals surface area contributed by atoms with Crippen LogP contribution in [-0.4, -0.2) is 28.8 Å². The summed E-state index contributed by atoms with van der Waals surface area (Å²) >= 11 is 5.13. The summed E-state index contributed by atoms with van der Waals surface area (Å²) in [5.74, 6) is 0.745. The van der Waals surface area contributed by atoms with Crippen LogP contribution < -0.4 is 5.32 Å². The van der Waals surface area contributed by atoms with Crippen LogP contribution in [0.2, 0.25) is 0 Å². The summed E-state index contributed by atoms with van der Waals surface area (Å²) in [6.45, 7) is 0. The monoisotopic (exact) mass is 251 g/mol. The summed E-state index contributed by atoms with van der Waals surface area (Å²) in [6.07, 6.45) is 5.47. The van der Waals surface area contributed by atoms with Gasteiger partial charge in [0.1, 0.15) is 0 Å². The summed E-state index contributed by atoms with van der Waals surface area (Å²) in [7, 11) is 0. The second-order valence-electron chi connectivity index (χ2n) is 3.05. The number of alkyl halides is 1. The lowest BCUT2D eigenvalue weighted by molar-refractivity contribution is -0.119. The Morgan fingerprint density at radius 3 is 2.92 bits per heavy atom. The van der Waals surface area contributed by atoms with Gasteiger partial charge in [0.2, 0.25) is 5.91 Å². The summed E-state index contributed by atoms with van der Waals surface area (Å²) < 4.78 is 0. The van der Waals surface area contributed by atoms with E-state index >= 15 is 0 Å². The van der Waals surface area contributed by atoms with Crippen molar-refractivity contribution in [2.75, 3.05) is 12.0 Å². The molecule has 1 rings (SSSR count). The standard InChI is InChI=1S/C8H14BrNOS/c1-12-5-8(11)10-7-4-2-3-6(7)9/h6-7H,2-5H2,1H3,(H,10,11). The summed E-state index contributed by atoms with van der Waals surface area (Å²) in [4.78, 5) is 11.7. The predicted octanol–water partition coefficient (Wildman–Crippen LogP) is 1.78. The van der Waals surface area contributed by atoms with Crippen LogP contribution in [0, 0.1) is 0 Å². The predicted molar refractivity (Wildman–Crippen MR) is 56.9 cm³/mol. The molecule has 1 saturated carbocycles. The van der Waals surface area contributed by atoms with Crippen LogP contribution >= 0.6 is 27.7 Å². The Kier molecular flexibility index (Phi) is 4.43. The van der Waals surface area contributed by atoms with E-state index in [2.05, 4.69) is 21.2 Å². The van der Waals surface area contributed by atoms with E-state index in [1.807, 2.05) is 6.26 Å². The van der Waals surface area contributed by atoms with Crippen molar-refractivity contribution in [3.8, 4) is 0 Å². The zero-order valence-corrected chi connectivity index (χ0v) is 9.58. The lowest BCUT2D eigenvalue weighted by atomic mass is 10.2. The molecule has 0 bridgehead atoms. The highest BCUT2D eigenvalue weighted by atomic mass is 79.9. The minimum absolute atomic E-state index is 0.166. The normalized spacial score (nSPS) is 28.8. The van der Waals surface area contributed by atoms with Gasteiger partial charge in [0, 0.05) is 10.9 Å². The number of amides is 1. The lowest BCUT2D eigenvalue weighted by Crippen LogP contribution is -2.38. The van der Waals surface area contributed by atoms with Crippen LogP contribution in [0.1, 0.15) is 19.3 Å². The van der Waals surface area contributed by atoms with E-state index in [1.54, 1.807) is 11.8 Å². The number of carbonyl (C=O) groups excluding carboxylic acids is 1. The van der Waals surface area contributed by atoms with Gasteiger partial charge in [-0.1, -0.05) is 22.4 Å². The molecule has 0 aliphatic heterocycles. The summed E-state index contributed by atoms with van der Waals surface area (Å²) in [5, 5.41) is 3.02. The van der Waals surface area contributed by atoms with Crippen molar-refractivity contribution in [3.63, 3.8) is 0 Å². The van der Waals surface area contributed by atoms with E-state index in [0.29, 0.717) is 16.6 Å². The van der Waals surface area contributed by atoms with E-state index in [9.17, 15) is 4.79 Å². The molecule has 4 heteroatoms. The molecule has 2 nitrogen and oxygen atoms in total. The first-order valence-electron chi connectivity index (χ1n) is 4.16. The van der Waals surface area contributed by atoms with Gasteiger partial charge in [-0.25, -0.2) is 0 Å². The molecule has 1 aliphatic carbocycles. The third-order valence-electron chi connectivity index (χ3n) is 2.05. The van der Waals surface area contributed by atoms with Gasteiger partial charge in [-0.2, -0.15) is 11.8 Å². The van der Waals surface area contributed by atoms with Crippen molar-refractivity contribution in [2.45, 2.75) is 30.1 Å². The topological polar surface area (TPSA) is 29.1 Å². The Hall–Kier alpha value is 0.300. The molecule has 12 heavy (non-hydrogen) atoms. The van der Waals surface area contributed by atoms with Crippen LogP contribution in [0.15, 0.2) is 0 Å². The highest BCUT2D eigenvalue weighted by Crippen LogP contribution is 2.25. The first kappa shape index (κ1) is 10.4. The van der Waals surface area contributed by atoms with Crippen LogP contribution in [0.4, 0.5) is 0 Å². The molecule has 0 aromatic heterocycles. The van der Waals surface area contributed by atoms with Gasteiger partial charge in [0.15, 0.2) is 0 Å². The van der Waals surface area contributed by atoms with Crippen LogP contribution in [0.3, 0.4) is 0 Å². The van der Waals surface area contributed by atoms with Gasteiger partial charge in [-0.3, -0.25) is 4.79 Å². The van der Waals surface area contributed by atoms with Crippen molar-refractivity contribution >= 4 is 33.6 Å². The maximum atomic E-state index is 11.2. The number of hydrogen-bond donors (Lipinski definition) is 1. The molecule has 0 radical (unpaired) electrons. The maximum Gasteiger partial charge on any atom is 0.230 e. The van der Waals surface area contributed by atoms with E-state index < -0.39 is 0 Å². The van der Waals surface area contributed by atoms with Crippen molar-refractivity contribution < 1.29 is 4.79 Å². The Labute approximate surface area is 86.0 Å². The molecule has 70 valence electrons. The SMILES string of the molecule is CSCC(=O)NC1CCCC1Br. The molecule has 2 unspecified atom stereocenters. The van der Waals surface area contributed by atoms with Crippen LogP contribution in [0.25, 0.3) is 0 Å². The Morgan fingerprint density at radius 1 is 1.67 bits per heavy atom. The number of halogens is 1. The van der Waals surface area contributed by atoms with Gasteiger partial charge in [0.25, 0.3) is 0 Å². The summed E-state index contributed by atoms with van der Waals surface area (Å²) in [6, 6.07) is 0.365. The van der Waals surface area contributed by atoms with E-state index in [1.165, 1.54) is 12.8 Å². The molecule has 0 aromatic carbocycles. The summed E-state index contributed by atoms with van der Waals surface area (Å²) in [5.41, 5.74) is 0. The third-order valence-corrected chi connectivity index (χ3v) is 3.70. The molecule has 1 N–H and O–H groups in total. The van der Waals surface area contributed by atoms with Gasteiger partial charge >= 0.3 is 0 Å². The molecule has 1 fully saturated rings. The number of nitrogens with one attached hydrogen (secondary N) is 1. The van der Waals surface area contributed by atoms with Crippen LogP contribution in [0.5, 0.6) is 0 Å². The maximum absolute atomic E-state index is 11.2. The van der Waals surface area contributed by atoms with Gasteiger partial charge < -0.3 is 5.32 Å². The van der Waals surface area contributed by atoms with Gasteiger partial charge in [-0.15, -0.1) is 0 Å². The molecular weight excluding hydrogens is 238 g/mol. The Bertz CT molecular complexity index is 165. The first-order valence-corrected chi connectivity index (χ1v) is 6.47. The van der Waals surface area contributed by atoms with E-state index in [0.717, 1.165) is 6.42 Å². The largest absolute Gasteiger partial charge is 0.352 e. The Balaban J connectivity index is 2.25. The zero-order chi connectivity index (χ0) is 8.97. The smallest absolute Gasteiger partial charge is 0.230 e.